The van der Waals surface area contributed by atoms with Gasteiger partial charge in [-0.15, -0.1) is 0 Å². The zero-order valence-electron chi connectivity index (χ0n) is 37.3. The van der Waals surface area contributed by atoms with E-state index in [4.69, 9.17) is 8.83 Å². The summed E-state index contributed by atoms with van der Waals surface area (Å²) < 4.78 is 13.1. The molecule has 0 fully saturated rings. The van der Waals surface area contributed by atoms with Crippen LogP contribution in [0.2, 0.25) is 0 Å². The molecule has 2 aliphatic rings. The van der Waals surface area contributed by atoms with E-state index in [1.807, 2.05) is 12.1 Å². The van der Waals surface area contributed by atoms with Gasteiger partial charge >= 0.3 is 0 Å². The Morgan fingerprint density at radius 2 is 0.594 bits per heavy atom. The van der Waals surface area contributed by atoms with Crippen molar-refractivity contribution >= 4 is 76.2 Å². The fourth-order valence-electron chi connectivity index (χ4n) is 12.7. The number of fused-ring (bicyclic) bond motifs is 23. The van der Waals surface area contributed by atoms with Crippen molar-refractivity contribution in [3.05, 3.63) is 253 Å². The van der Waals surface area contributed by atoms with Crippen LogP contribution in [0.3, 0.4) is 0 Å². The largest absolute Gasteiger partial charge is 0.452 e. The van der Waals surface area contributed by atoms with Crippen molar-refractivity contribution in [3.8, 4) is 55.6 Å². The van der Waals surface area contributed by atoms with Crippen LogP contribution in [0.15, 0.2) is 239 Å². The number of para-hydroxylation sites is 1. The van der Waals surface area contributed by atoms with Crippen molar-refractivity contribution in [1.29, 1.82) is 0 Å². The summed E-state index contributed by atoms with van der Waals surface area (Å²) in [6.07, 6.45) is 0. The molecular formula is C67H38O2. The van der Waals surface area contributed by atoms with Gasteiger partial charge in [-0.05, 0) is 171 Å². The summed E-state index contributed by atoms with van der Waals surface area (Å²) in [6, 6.07) is 85.5. The van der Waals surface area contributed by atoms with Crippen molar-refractivity contribution < 1.29 is 8.83 Å². The molecule has 2 aliphatic carbocycles. The third-order valence-electron chi connectivity index (χ3n) is 15.7. The molecule has 0 amide bonds. The van der Waals surface area contributed by atoms with Gasteiger partial charge in [0.1, 0.15) is 11.2 Å². The molecule has 0 atom stereocenters. The number of hydrogen-bond acceptors (Lipinski definition) is 2. The lowest BCUT2D eigenvalue weighted by atomic mass is 9.70. The van der Waals surface area contributed by atoms with Crippen LogP contribution in [0.1, 0.15) is 22.3 Å². The van der Waals surface area contributed by atoms with Crippen molar-refractivity contribution in [1.82, 2.24) is 0 Å². The minimum Gasteiger partial charge on any atom is -0.452 e. The van der Waals surface area contributed by atoms with E-state index >= 15 is 0 Å². The highest BCUT2D eigenvalue weighted by Crippen LogP contribution is 2.63. The molecule has 2 nitrogen and oxygen atoms in total. The molecular weight excluding hydrogens is 837 g/mol. The molecule has 16 rings (SSSR count). The van der Waals surface area contributed by atoms with Crippen molar-refractivity contribution in [2.24, 2.45) is 0 Å². The van der Waals surface area contributed by atoms with Crippen LogP contribution in [-0.2, 0) is 5.41 Å². The minimum atomic E-state index is -0.434. The molecule has 12 aromatic carbocycles. The smallest absolute Gasteiger partial charge is 0.178 e. The third kappa shape index (κ3) is 4.94. The minimum absolute atomic E-state index is 0.434. The van der Waals surface area contributed by atoms with Crippen LogP contribution in [0.5, 0.6) is 0 Å². The van der Waals surface area contributed by atoms with Gasteiger partial charge in [-0.3, -0.25) is 0 Å². The Hall–Kier alpha value is -8.98. The molecule has 0 saturated heterocycles. The lowest BCUT2D eigenvalue weighted by molar-refractivity contribution is 0.633. The Balaban J connectivity index is 0.940. The molecule has 2 aromatic heterocycles. The summed E-state index contributed by atoms with van der Waals surface area (Å²) in [5, 5.41) is 11.9. The van der Waals surface area contributed by atoms with E-state index in [1.165, 1.54) is 93.5 Å². The average molecular weight is 875 g/mol. The monoisotopic (exact) mass is 874 g/mol. The first-order valence-electron chi connectivity index (χ1n) is 23.9. The fourth-order valence-corrected chi connectivity index (χ4v) is 12.7. The first-order chi connectivity index (χ1) is 34.2. The molecule has 14 aromatic rings. The third-order valence-corrected chi connectivity index (χ3v) is 15.7. The first-order valence-corrected chi connectivity index (χ1v) is 23.9. The maximum absolute atomic E-state index is 6.65. The lowest BCUT2D eigenvalue weighted by Gasteiger charge is -2.30. The van der Waals surface area contributed by atoms with E-state index in [2.05, 4.69) is 218 Å². The standard InChI is InChI=1S/C67H38O2/c1-2-15-47-45(13-1)46-14-3-4-16-48(46)57-36-39(25-28-49(47)57)42-33-43(40-27-32-64-58(37-40)56-31-30-55-54-20-8-12-24-63(54)68-65(55)66(56)69-64)35-44(34-42)41-26-29-53-52-19-7-11-23-61(52)67(62(53)38-41)59-21-9-5-17-50(59)51-18-6-10-22-60(51)67/h1-38H. The van der Waals surface area contributed by atoms with Crippen LogP contribution >= 0.6 is 0 Å². The number of rotatable bonds is 3. The van der Waals surface area contributed by atoms with E-state index in [0.29, 0.717) is 0 Å². The zero-order valence-corrected chi connectivity index (χ0v) is 37.3. The Morgan fingerprint density at radius 1 is 0.217 bits per heavy atom. The molecule has 318 valence electrons. The maximum atomic E-state index is 6.65. The molecule has 0 saturated carbocycles. The molecule has 0 radical (unpaired) electrons. The second-order valence-electron chi connectivity index (χ2n) is 19.0. The van der Waals surface area contributed by atoms with Crippen LogP contribution in [-0.4, -0.2) is 0 Å². The Kier molecular flexibility index (Phi) is 7.30. The van der Waals surface area contributed by atoms with Crippen molar-refractivity contribution in [3.63, 3.8) is 0 Å². The van der Waals surface area contributed by atoms with Gasteiger partial charge in [0.05, 0.1) is 5.41 Å². The van der Waals surface area contributed by atoms with E-state index in [0.717, 1.165) is 60.6 Å². The van der Waals surface area contributed by atoms with Gasteiger partial charge in [0, 0.05) is 21.5 Å². The van der Waals surface area contributed by atoms with Crippen molar-refractivity contribution in [2.45, 2.75) is 5.41 Å². The van der Waals surface area contributed by atoms with E-state index < -0.39 is 5.41 Å². The number of benzene rings is 12. The highest BCUT2D eigenvalue weighted by Gasteiger charge is 2.51. The topological polar surface area (TPSA) is 26.3 Å². The summed E-state index contributed by atoms with van der Waals surface area (Å²) in [4.78, 5) is 0. The molecule has 0 unspecified atom stereocenters. The maximum Gasteiger partial charge on any atom is 0.178 e. The molecule has 0 bridgehead atoms. The Bertz CT molecular complexity index is 4460. The fraction of sp³-hybridized carbons (Fsp3) is 0.0149. The predicted octanol–water partition coefficient (Wildman–Crippen LogP) is 18.3. The molecule has 2 heterocycles. The summed E-state index contributed by atoms with van der Waals surface area (Å²) in [6.45, 7) is 0. The average Bonchev–Trinajstić information content (AvgIpc) is 4.16. The molecule has 69 heavy (non-hydrogen) atoms. The second-order valence-corrected chi connectivity index (χ2v) is 19.0. The molecule has 0 aliphatic heterocycles. The second kappa shape index (κ2) is 13.6. The molecule has 1 spiro atoms. The van der Waals surface area contributed by atoms with Gasteiger partial charge in [0.2, 0.25) is 0 Å². The van der Waals surface area contributed by atoms with Crippen LogP contribution in [0.25, 0.3) is 132 Å². The Morgan fingerprint density at radius 3 is 1.17 bits per heavy atom. The van der Waals surface area contributed by atoms with Crippen molar-refractivity contribution in [2.75, 3.05) is 0 Å². The van der Waals surface area contributed by atoms with E-state index in [-0.39, 0.29) is 0 Å². The summed E-state index contributed by atoms with van der Waals surface area (Å²) >= 11 is 0. The normalized spacial score (nSPS) is 13.3. The SMILES string of the molecule is c1ccc2c(c1)-c1ccccc1C21c2ccccc2-c2ccc(-c3cc(-c4ccc5oc6c(ccc7c8ccccc8oc76)c5c4)cc(-c4ccc5c6ccccc6c6ccccc6c5c4)c3)cc21. The summed E-state index contributed by atoms with van der Waals surface area (Å²) in [5.41, 5.74) is 20.4. The van der Waals surface area contributed by atoms with Gasteiger partial charge in [0.15, 0.2) is 11.2 Å². The van der Waals surface area contributed by atoms with Crippen LogP contribution < -0.4 is 0 Å². The van der Waals surface area contributed by atoms with E-state index in [1.54, 1.807) is 0 Å². The molecule has 0 N–H and O–H groups in total. The van der Waals surface area contributed by atoms with Gasteiger partial charge in [-0.1, -0.05) is 170 Å². The quantitative estimate of drug-likeness (QED) is 0.165. The predicted molar refractivity (Wildman–Crippen MR) is 286 cm³/mol. The van der Waals surface area contributed by atoms with Crippen LogP contribution in [0.4, 0.5) is 0 Å². The molecule has 2 heteroatoms. The van der Waals surface area contributed by atoms with Gasteiger partial charge in [-0.2, -0.15) is 0 Å². The highest BCUT2D eigenvalue weighted by molar-refractivity contribution is 6.26. The summed E-state index contributed by atoms with van der Waals surface area (Å²) in [5.74, 6) is 0. The van der Waals surface area contributed by atoms with Crippen LogP contribution in [0, 0.1) is 0 Å². The van der Waals surface area contributed by atoms with Gasteiger partial charge < -0.3 is 8.83 Å². The van der Waals surface area contributed by atoms with Gasteiger partial charge in [0.25, 0.3) is 0 Å². The zero-order chi connectivity index (χ0) is 45.0. The highest BCUT2D eigenvalue weighted by atomic mass is 16.4. The number of hydrogen-bond donors (Lipinski definition) is 0. The lowest BCUT2D eigenvalue weighted by Crippen LogP contribution is -2.25. The Labute approximate surface area is 396 Å². The van der Waals surface area contributed by atoms with E-state index in [9.17, 15) is 0 Å². The number of furan rings is 2. The summed E-state index contributed by atoms with van der Waals surface area (Å²) in [7, 11) is 0. The van der Waals surface area contributed by atoms with Gasteiger partial charge in [-0.25, -0.2) is 0 Å². The first kappa shape index (κ1) is 37.1.